The summed E-state index contributed by atoms with van der Waals surface area (Å²) in [5.41, 5.74) is 0.364. The molecule has 2 rings (SSSR count). The zero-order chi connectivity index (χ0) is 14.7. The summed E-state index contributed by atoms with van der Waals surface area (Å²) in [7, 11) is 0. The molecule has 20 heavy (non-hydrogen) atoms. The molecule has 0 radical (unpaired) electrons. The average molecular weight is 315 g/mol. The number of rotatable bonds is 4. The van der Waals surface area contributed by atoms with Crippen molar-refractivity contribution in [1.82, 2.24) is 0 Å². The first-order valence-corrected chi connectivity index (χ1v) is 6.32. The molecular formula is C14H9Cl2FO3. The van der Waals surface area contributed by atoms with Gasteiger partial charge in [-0.1, -0.05) is 23.2 Å². The topological polar surface area (TPSA) is 46.5 Å². The molecule has 6 heteroatoms. The second-order valence-electron chi connectivity index (χ2n) is 3.97. The van der Waals surface area contributed by atoms with Crippen LogP contribution in [0.1, 0.15) is 15.9 Å². The van der Waals surface area contributed by atoms with Gasteiger partial charge >= 0.3 is 5.97 Å². The molecule has 0 saturated carbocycles. The van der Waals surface area contributed by atoms with Crippen molar-refractivity contribution in [3.05, 3.63) is 63.4 Å². The number of benzene rings is 2. The monoisotopic (exact) mass is 314 g/mol. The van der Waals surface area contributed by atoms with Crippen molar-refractivity contribution in [2.45, 2.75) is 6.61 Å². The van der Waals surface area contributed by atoms with Crippen molar-refractivity contribution in [2.75, 3.05) is 0 Å². The summed E-state index contributed by atoms with van der Waals surface area (Å²) in [5.74, 6) is -1.85. The van der Waals surface area contributed by atoms with Gasteiger partial charge in [-0.15, -0.1) is 0 Å². The lowest BCUT2D eigenvalue weighted by molar-refractivity contribution is 0.0691. The molecule has 1 N–H and O–H groups in total. The fraction of sp³-hybridized carbons (Fsp3) is 0.0714. The zero-order valence-electron chi connectivity index (χ0n) is 10.1. The second kappa shape index (κ2) is 6.11. The summed E-state index contributed by atoms with van der Waals surface area (Å²) in [6, 6.07) is 8.16. The van der Waals surface area contributed by atoms with Crippen LogP contribution >= 0.6 is 23.2 Å². The van der Waals surface area contributed by atoms with Gasteiger partial charge in [-0.05, 0) is 36.4 Å². The largest absolute Gasteiger partial charge is 0.488 e. The van der Waals surface area contributed by atoms with E-state index in [0.717, 1.165) is 12.1 Å². The molecule has 0 amide bonds. The van der Waals surface area contributed by atoms with Crippen LogP contribution in [0.3, 0.4) is 0 Å². The molecule has 2 aromatic rings. The minimum absolute atomic E-state index is 0.0330. The fourth-order valence-corrected chi connectivity index (χ4v) is 1.97. The number of carboxylic acids is 1. The quantitative estimate of drug-likeness (QED) is 0.909. The Morgan fingerprint density at radius 2 is 1.95 bits per heavy atom. The Morgan fingerprint density at radius 3 is 2.65 bits per heavy atom. The molecule has 0 aliphatic heterocycles. The molecule has 2 aromatic carbocycles. The molecule has 0 aromatic heterocycles. The van der Waals surface area contributed by atoms with E-state index < -0.39 is 11.8 Å². The smallest absolute Gasteiger partial charge is 0.339 e. The summed E-state index contributed by atoms with van der Waals surface area (Å²) in [6.45, 7) is 0.0330. The summed E-state index contributed by atoms with van der Waals surface area (Å²) >= 11 is 11.8. The number of hydrogen-bond acceptors (Lipinski definition) is 2. The maximum atomic E-state index is 13.0. The number of ether oxygens (including phenoxy) is 1. The van der Waals surface area contributed by atoms with Gasteiger partial charge in [0.05, 0.1) is 0 Å². The highest BCUT2D eigenvalue weighted by molar-refractivity contribution is 6.33. The molecule has 0 saturated heterocycles. The van der Waals surface area contributed by atoms with E-state index in [-0.39, 0.29) is 17.9 Å². The first kappa shape index (κ1) is 14.6. The van der Waals surface area contributed by atoms with Crippen LogP contribution in [0.25, 0.3) is 0 Å². The molecular weight excluding hydrogens is 306 g/mol. The van der Waals surface area contributed by atoms with E-state index in [1.54, 1.807) is 18.2 Å². The maximum absolute atomic E-state index is 13.0. The van der Waals surface area contributed by atoms with E-state index in [1.807, 2.05) is 0 Å². The van der Waals surface area contributed by atoms with E-state index in [0.29, 0.717) is 15.6 Å². The highest BCUT2D eigenvalue weighted by Crippen LogP contribution is 2.25. The van der Waals surface area contributed by atoms with Crippen molar-refractivity contribution in [2.24, 2.45) is 0 Å². The SMILES string of the molecule is O=C(O)c1cc(F)ccc1OCc1cc(Cl)ccc1Cl. The Labute approximate surface area is 124 Å². The standard InChI is InChI=1S/C14H9Cl2FO3/c15-9-1-3-12(16)8(5-9)7-20-13-4-2-10(17)6-11(13)14(18)19/h1-6H,7H2,(H,18,19). The first-order valence-electron chi connectivity index (χ1n) is 5.57. The number of halogens is 3. The van der Waals surface area contributed by atoms with Crippen LogP contribution in [0.4, 0.5) is 4.39 Å². The fourth-order valence-electron chi connectivity index (χ4n) is 1.60. The molecule has 0 atom stereocenters. The van der Waals surface area contributed by atoms with Gasteiger partial charge in [-0.2, -0.15) is 0 Å². The van der Waals surface area contributed by atoms with E-state index in [1.165, 1.54) is 6.07 Å². The van der Waals surface area contributed by atoms with E-state index in [4.69, 9.17) is 33.0 Å². The van der Waals surface area contributed by atoms with Crippen molar-refractivity contribution in [1.29, 1.82) is 0 Å². The summed E-state index contributed by atoms with van der Waals surface area (Å²) in [4.78, 5) is 11.0. The van der Waals surface area contributed by atoms with Crippen molar-refractivity contribution in [3.63, 3.8) is 0 Å². The Hall–Kier alpha value is -1.78. The second-order valence-corrected chi connectivity index (χ2v) is 4.81. The summed E-state index contributed by atoms with van der Waals surface area (Å²) < 4.78 is 18.4. The van der Waals surface area contributed by atoms with E-state index in [9.17, 15) is 9.18 Å². The predicted octanol–water partition coefficient (Wildman–Crippen LogP) is 4.41. The Balaban J connectivity index is 2.23. The number of carboxylic acid groups (broad SMARTS) is 1. The molecule has 0 unspecified atom stereocenters. The molecule has 0 fully saturated rings. The third-order valence-electron chi connectivity index (χ3n) is 2.56. The summed E-state index contributed by atoms with van der Waals surface area (Å²) in [5, 5.41) is 9.94. The molecule has 0 heterocycles. The Bertz CT molecular complexity index is 659. The lowest BCUT2D eigenvalue weighted by Crippen LogP contribution is -2.04. The Morgan fingerprint density at radius 1 is 1.20 bits per heavy atom. The van der Waals surface area contributed by atoms with Crippen LogP contribution in [0, 0.1) is 5.82 Å². The maximum Gasteiger partial charge on any atom is 0.339 e. The van der Waals surface area contributed by atoms with Crippen LogP contribution in [0.5, 0.6) is 5.75 Å². The normalized spacial score (nSPS) is 10.3. The van der Waals surface area contributed by atoms with Gasteiger partial charge in [0.2, 0.25) is 0 Å². The highest BCUT2D eigenvalue weighted by Gasteiger charge is 2.13. The van der Waals surface area contributed by atoms with Gasteiger partial charge in [0, 0.05) is 15.6 Å². The van der Waals surface area contributed by atoms with Crippen molar-refractivity contribution >= 4 is 29.2 Å². The van der Waals surface area contributed by atoms with Crippen LogP contribution < -0.4 is 4.74 Å². The molecule has 104 valence electrons. The van der Waals surface area contributed by atoms with Crippen LogP contribution in [-0.4, -0.2) is 11.1 Å². The van der Waals surface area contributed by atoms with Gasteiger partial charge < -0.3 is 9.84 Å². The van der Waals surface area contributed by atoms with Crippen LogP contribution in [0.15, 0.2) is 36.4 Å². The highest BCUT2D eigenvalue weighted by atomic mass is 35.5. The minimum Gasteiger partial charge on any atom is -0.488 e. The molecule has 0 spiro atoms. The van der Waals surface area contributed by atoms with Crippen molar-refractivity contribution in [3.8, 4) is 5.75 Å². The first-order chi connectivity index (χ1) is 9.47. The molecule has 0 bridgehead atoms. The molecule has 3 nitrogen and oxygen atoms in total. The summed E-state index contributed by atoms with van der Waals surface area (Å²) in [6.07, 6.45) is 0. The predicted molar refractivity (Wildman–Crippen MR) is 74.2 cm³/mol. The number of hydrogen-bond donors (Lipinski definition) is 1. The van der Waals surface area contributed by atoms with E-state index >= 15 is 0 Å². The molecule has 0 aliphatic rings. The van der Waals surface area contributed by atoms with Crippen molar-refractivity contribution < 1.29 is 19.0 Å². The van der Waals surface area contributed by atoms with Gasteiger partial charge in [0.1, 0.15) is 23.7 Å². The molecule has 0 aliphatic carbocycles. The lowest BCUT2D eigenvalue weighted by atomic mass is 10.2. The third kappa shape index (κ3) is 3.40. The van der Waals surface area contributed by atoms with Gasteiger partial charge in [0.15, 0.2) is 0 Å². The number of aromatic carboxylic acids is 1. The van der Waals surface area contributed by atoms with Gasteiger partial charge in [0.25, 0.3) is 0 Å². The lowest BCUT2D eigenvalue weighted by Gasteiger charge is -2.10. The zero-order valence-corrected chi connectivity index (χ0v) is 11.6. The van der Waals surface area contributed by atoms with Gasteiger partial charge in [-0.3, -0.25) is 0 Å². The van der Waals surface area contributed by atoms with Crippen LogP contribution in [-0.2, 0) is 6.61 Å². The average Bonchev–Trinajstić information content (AvgIpc) is 2.40. The van der Waals surface area contributed by atoms with E-state index in [2.05, 4.69) is 0 Å². The van der Waals surface area contributed by atoms with Gasteiger partial charge in [-0.25, -0.2) is 9.18 Å². The third-order valence-corrected chi connectivity index (χ3v) is 3.17. The van der Waals surface area contributed by atoms with Crippen LogP contribution in [0.2, 0.25) is 10.0 Å². The number of carbonyl (C=O) groups is 1. The Kier molecular flexibility index (Phi) is 4.47. The minimum atomic E-state index is -1.27.